The number of nitrogens with one attached hydrogen (secondary N) is 1. The second-order valence-electron chi connectivity index (χ2n) is 2.38. The van der Waals surface area contributed by atoms with Crippen LogP contribution in [-0.4, -0.2) is 13.2 Å². The third kappa shape index (κ3) is 4.94. The van der Waals surface area contributed by atoms with Gasteiger partial charge in [-0.3, -0.25) is 5.32 Å². The van der Waals surface area contributed by atoms with Crippen LogP contribution in [0, 0.1) is 0 Å². The number of hydrogen-bond donors (Lipinski definition) is 1. The van der Waals surface area contributed by atoms with Crippen molar-refractivity contribution in [3.63, 3.8) is 0 Å². The van der Waals surface area contributed by atoms with Crippen LogP contribution in [0.25, 0.3) is 0 Å². The molecule has 1 rings (SSSR count). The van der Waals surface area contributed by atoms with Gasteiger partial charge in [0, 0.05) is 5.69 Å². The number of hydrogen-bond acceptors (Lipinski definition) is 5. The van der Waals surface area contributed by atoms with Crippen LogP contribution in [0.3, 0.4) is 0 Å². The molecular weight excluding hydrogens is 245 g/mol. The Labute approximate surface area is 116 Å². The number of carbonyl (C=O) groups is 1. The molecule has 4 nitrogen and oxygen atoms in total. The summed E-state index contributed by atoms with van der Waals surface area (Å²) in [5.41, 5.74) is 0.570. The number of ether oxygens (including phenoxy) is 1. The van der Waals surface area contributed by atoms with E-state index in [1.165, 1.54) is 7.11 Å². The molecule has 0 aliphatic rings. The summed E-state index contributed by atoms with van der Waals surface area (Å²) in [4.78, 5) is 11.3. The molecule has 1 amide bonds. The van der Waals surface area contributed by atoms with Gasteiger partial charge in [-0.15, -0.1) is 4.90 Å². The molecule has 0 aromatic heterocycles. The summed E-state index contributed by atoms with van der Waals surface area (Å²) in [5.74, 6) is 0. The SMILES string of the molecule is COC(=O)Nc1ccc([S-](=O)=S)cc1.[Na+]. The van der Waals surface area contributed by atoms with E-state index in [4.69, 9.17) is 0 Å². The molecule has 0 atom stereocenters. The van der Waals surface area contributed by atoms with E-state index in [0.29, 0.717) is 10.6 Å². The van der Waals surface area contributed by atoms with Crippen molar-refractivity contribution in [1.82, 2.24) is 0 Å². The molecular formula is C8H8NNaO3S2. The van der Waals surface area contributed by atoms with Gasteiger partial charge in [0.05, 0.1) is 7.11 Å². The molecule has 1 aromatic rings. The molecule has 0 bridgehead atoms. The van der Waals surface area contributed by atoms with Crippen molar-refractivity contribution in [3.8, 4) is 0 Å². The molecule has 15 heavy (non-hydrogen) atoms. The minimum absolute atomic E-state index is 0. The van der Waals surface area contributed by atoms with Crippen LogP contribution in [0.1, 0.15) is 0 Å². The molecule has 7 heteroatoms. The molecule has 1 aromatic carbocycles. The topological polar surface area (TPSA) is 55.4 Å². The van der Waals surface area contributed by atoms with Gasteiger partial charge in [-0.1, -0.05) is 12.1 Å². The zero-order chi connectivity index (χ0) is 10.6. The number of rotatable bonds is 2. The van der Waals surface area contributed by atoms with Crippen molar-refractivity contribution < 1.29 is 43.3 Å². The summed E-state index contributed by atoms with van der Waals surface area (Å²) in [7, 11) is -0.133. The molecule has 0 spiro atoms. The molecule has 0 heterocycles. The van der Waals surface area contributed by atoms with Gasteiger partial charge in [0.15, 0.2) is 0 Å². The number of amides is 1. The van der Waals surface area contributed by atoms with Crippen molar-refractivity contribution in [2.75, 3.05) is 12.4 Å². The fourth-order valence-corrected chi connectivity index (χ4v) is 1.51. The standard InChI is InChI=1S/C8H8NO3S2.Na/c1-12-8(10)9-6-2-4-7(5-3-6)14(11)13;/h2-5H,1H3,(H,9,10);/q-1;+1. The van der Waals surface area contributed by atoms with Gasteiger partial charge in [0.1, 0.15) is 0 Å². The molecule has 0 aliphatic heterocycles. The average Bonchev–Trinajstić information content (AvgIpc) is 2.18. The number of anilines is 1. The molecule has 0 saturated carbocycles. The second kappa shape index (κ2) is 7.19. The van der Waals surface area contributed by atoms with E-state index >= 15 is 0 Å². The zero-order valence-corrected chi connectivity index (χ0v) is 12.0. The van der Waals surface area contributed by atoms with E-state index in [1.807, 2.05) is 0 Å². The molecule has 0 aliphatic carbocycles. The second-order valence-corrected chi connectivity index (χ2v) is 4.22. The Bertz CT molecular complexity index is 395. The van der Waals surface area contributed by atoms with Crippen LogP contribution >= 0.6 is 0 Å². The number of carbonyl (C=O) groups excluding carboxylic acids is 1. The van der Waals surface area contributed by atoms with E-state index in [-0.39, 0.29) is 29.6 Å². The number of benzene rings is 1. The Kier molecular flexibility index (Phi) is 7.12. The number of methoxy groups -OCH3 is 1. The largest absolute Gasteiger partial charge is 1.00 e. The summed E-state index contributed by atoms with van der Waals surface area (Å²) in [5, 5.41) is 2.46. The molecule has 0 saturated heterocycles. The van der Waals surface area contributed by atoms with Crippen LogP contribution in [0.4, 0.5) is 10.5 Å². The third-order valence-electron chi connectivity index (χ3n) is 1.48. The van der Waals surface area contributed by atoms with Gasteiger partial charge in [-0.25, -0.2) is 16.0 Å². The van der Waals surface area contributed by atoms with Crippen molar-refractivity contribution >= 4 is 32.3 Å². The van der Waals surface area contributed by atoms with E-state index in [0.717, 1.165) is 0 Å². The van der Waals surface area contributed by atoms with E-state index in [9.17, 15) is 9.00 Å². The Morgan fingerprint density at radius 1 is 1.40 bits per heavy atom. The van der Waals surface area contributed by atoms with Crippen LogP contribution in [0.2, 0.25) is 0 Å². The van der Waals surface area contributed by atoms with E-state index in [2.05, 4.69) is 21.2 Å². The van der Waals surface area contributed by atoms with Crippen molar-refractivity contribution in [2.24, 2.45) is 0 Å². The first-order valence-corrected chi connectivity index (χ1v) is 5.75. The molecule has 0 fully saturated rings. The summed E-state index contributed by atoms with van der Waals surface area (Å²) < 4.78 is 15.3. The van der Waals surface area contributed by atoms with Gasteiger partial charge in [0.2, 0.25) is 0 Å². The first-order chi connectivity index (χ1) is 6.63. The summed E-state index contributed by atoms with van der Waals surface area (Å²) in [6.45, 7) is 0. The van der Waals surface area contributed by atoms with Gasteiger partial charge in [0.25, 0.3) is 0 Å². The van der Waals surface area contributed by atoms with Gasteiger partial charge < -0.3 is 8.95 Å². The normalized spacial score (nSPS) is 9.20. The fraction of sp³-hybridized carbons (Fsp3) is 0.125. The van der Waals surface area contributed by atoms with Crippen molar-refractivity contribution in [1.29, 1.82) is 0 Å². The summed E-state index contributed by atoms with van der Waals surface area (Å²) in [6.07, 6.45) is -0.544. The predicted octanol–water partition coefficient (Wildman–Crippen LogP) is -1.35. The average molecular weight is 253 g/mol. The molecule has 0 radical (unpaired) electrons. The predicted molar refractivity (Wildman–Crippen MR) is 56.2 cm³/mol. The van der Waals surface area contributed by atoms with Crippen LogP contribution in [0.5, 0.6) is 0 Å². The van der Waals surface area contributed by atoms with E-state index < -0.39 is 15.5 Å². The monoisotopic (exact) mass is 253 g/mol. The Balaban J connectivity index is 0.00000196. The Morgan fingerprint density at radius 3 is 2.33 bits per heavy atom. The Hall–Kier alpha value is -0.140. The maximum atomic E-state index is 10.8. The summed E-state index contributed by atoms with van der Waals surface area (Å²) in [6, 6.07) is 6.40. The third-order valence-corrected chi connectivity index (χ3v) is 2.71. The van der Waals surface area contributed by atoms with Crippen LogP contribution in [-0.2, 0) is 29.5 Å². The maximum absolute atomic E-state index is 10.8. The van der Waals surface area contributed by atoms with Gasteiger partial charge in [-0.2, -0.15) is 9.36 Å². The Morgan fingerprint density at radius 2 is 1.93 bits per heavy atom. The minimum Gasteiger partial charge on any atom is -0.453 e. The zero-order valence-electron chi connectivity index (χ0n) is 8.35. The molecule has 76 valence electrons. The van der Waals surface area contributed by atoms with Gasteiger partial charge in [-0.05, 0) is 12.1 Å². The van der Waals surface area contributed by atoms with Crippen molar-refractivity contribution in [2.45, 2.75) is 4.90 Å². The maximum Gasteiger partial charge on any atom is 1.00 e. The first kappa shape index (κ1) is 14.9. The quantitative estimate of drug-likeness (QED) is 0.523. The minimum atomic E-state index is -1.41. The van der Waals surface area contributed by atoms with Crippen LogP contribution < -0.4 is 34.9 Å². The smallest absolute Gasteiger partial charge is 0.453 e. The first-order valence-electron chi connectivity index (χ1n) is 3.68. The van der Waals surface area contributed by atoms with Crippen molar-refractivity contribution in [3.05, 3.63) is 24.3 Å². The summed E-state index contributed by atoms with van der Waals surface area (Å²) >= 11 is 4.56. The molecule has 1 N–H and O–H groups in total. The van der Waals surface area contributed by atoms with E-state index in [1.54, 1.807) is 24.3 Å². The van der Waals surface area contributed by atoms with Crippen LogP contribution in [0.15, 0.2) is 29.2 Å². The molecule has 0 unspecified atom stereocenters. The van der Waals surface area contributed by atoms with Gasteiger partial charge >= 0.3 is 35.7 Å². The fourth-order valence-electron chi connectivity index (χ4n) is 0.818.